The van der Waals surface area contributed by atoms with Gasteiger partial charge in [-0.1, -0.05) is 30.3 Å². The van der Waals surface area contributed by atoms with Gasteiger partial charge in [-0.15, -0.1) is 0 Å². The van der Waals surface area contributed by atoms with Gasteiger partial charge in [-0.05, 0) is 18.6 Å². The van der Waals surface area contributed by atoms with Crippen LogP contribution >= 0.6 is 0 Å². The molecule has 1 saturated heterocycles. The Balaban J connectivity index is 1.68. The molecule has 0 radical (unpaired) electrons. The van der Waals surface area contributed by atoms with Crippen LogP contribution in [0.5, 0.6) is 0 Å². The van der Waals surface area contributed by atoms with Crippen molar-refractivity contribution in [3.8, 4) is 6.07 Å². The van der Waals surface area contributed by atoms with Gasteiger partial charge in [-0.3, -0.25) is 4.79 Å². The van der Waals surface area contributed by atoms with E-state index in [2.05, 4.69) is 10.2 Å². The van der Waals surface area contributed by atoms with Crippen LogP contribution in [0.4, 0.5) is 5.88 Å². The number of amides is 1. The second-order valence-corrected chi connectivity index (χ2v) is 6.05. The summed E-state index contributed by atoms with van der Waals surface area (Å²) in [5, 5.41) is 12.2. The fourth-order valence-electron chi connectivity index (χ4n) is 2.76. The lowest BCUT2D eigenvalue weighted by atomic mass is 10.1. The first-order chi connectivity index (χ1) is 12.7. The van der Waals surface area contributed by atoms with Crippen LogP contribution < -0.4 is 10.2 Å². The summed E-state index contributed by atoms with van der Waals surface area (Å²) in [7, 11) is 0. The minimum atomic E-state index is -0.423. The molecule has 1 fully saturated rings. The Morgan fingerprint density at radius 2 is 1.96 bits per heavy atom. The molecule has 2 heterocycles. The van der Waals surface area contributed by atoms with E-state index >= 15 is 0 Å². The third-order valence-electron chi connectivity index (χ3n) is 4.23. The third kappa shape index (κ3) is 4.32. The smallest absolute Gasteiger partial charge is 0.262 e. The lowest BCUT2D eigenvalue weighted by molar-refractivity contribution is -0.117. The first-order valence-electron chi connectivity index (χ1n) is 8.57. The monoisotopic (exact) mass is 351 g/mol. The number of hydrogen-bond donors (Lipinski definition) is 1. The van der Waals surface area contributed by atoms with Crippen LogP contribution in [0.1, 0.15) is 24.3 Å². The van der Waals surface area contributed by atoms with Gasteiger partial charge in [0.2, 0.25) is 0 Å². The first kappa shape index (κ1) is 17.8. The van der Waals surface area contributed by atoms with Gasteiger partial charge in [-0.25, -0.2) is 0 Å². The SMILES string of the molecule is C[C@@H](NC(=O)/C(C#N)=C/c1ccc(N2CCOCC2)o1)c1ccccc1. The largest absolute Gasteiger partial charge is 0.441 e. The number of nitriles is 1. The molecule has 1 aliphatic rings. The summed E-state index contributed by atoms with van der Waals surface area (Å²) in [4.78, 5) is 14.5. The summed E-state index contributed by atoms with van der Waals surface area (Å²) < 4.78 is 11.1. The summed E-state index contributed by atoms with van der Waals surface area (Å²) >= 11 is 0. The summed E-state index contributed by atoms with van der Waals surface area (Å²) in [6.07, 6.45) is 1.47. The zero-order chi connectivity index (χ0) is 18.4. The van der Waals surface area contributed by atoms with Gasteiger partial charge < -0.3 is 19.4 Å². The molecule has 1 aliphatic heterocycles. The highest BCUT2D eigenvalue weighted by Crippen LogP contribution is 2.21. The Kier molecular flexibility index (Phi) is 5.72. The van der Waals surface area contributed by atoms with Crippen LogP contribution in [0, 0.1) is 11.3 Å². The minimum absolute atomic E-state index is 0.00987. The molecule has 1 amide bonds. The topological polar surface area (TPSA) is 78.5 Å². The molecular formula is C20H21N3O3. The quantitative estimate of drug-likeness (QED) is 0.662. The van der Waals surface area contributed by atoms with Crippen LogP contribution in [-0.4, -0.2) is 32.2 Å². The summed E-state index contributed by atoms with van der Waals surface area (Å²) in [5.41, 5.74) is 0.987. The zero-order valence-electron chi connectivity index (χ0n) is 14.6. The standard InChI is InChI=1S/C20H21N3O3/c1-15(16-5-3-2-4-6-16)22-20(24)17(14-21)13-18-7-8-19(26-18)23-9-11-25-12-10-23/h2-8,13,15H,9-12H2,1H3,(H,22,24)/b17-13+/t15-/m1/s1. The zero-order valence-corrected chi connectivity index (χ0v) is 14.6. The van der Waals surface area contributed by atoms with Gasteiger partial charge in [0.05, 0.1) is 19.3 Å². The summed E-state index contributed by atoms with van der Waals surface area (Å²) in [6.45, 7) is 4.73. The number of carbonyl (C=O) groups excluding carboxylic acids is 1. The average molecular weight is 351 g/mol. The van der Waals surface area contributed by atoms with Crippen molar-refractivity contribution in [2.75, 3.05) is 31.2 Å². The molecule has 1 aromatic heterocycles. The molecule has 0 saturated carbocycles. The van der Waals surface area contributed by atoms with Gasteiger partial charge in [0.15, 0.2) is 5.88 Å². The molecule has 134 valence electrons. The van der Waals surface area contributed by atoms with E-state index in [1.807, 2.05) is 49.4 Å². The summed E-state index contributed by atoms with van der Waals surface area (Å²) in [5.74, 6) is 0.772. The number of ether oxygens (including phenoxy) is 1. The summed E-state index contributed by atoms with van der Waals surface area (Å²) in [6, 6.07) is 15.0. The van der Waals surface area contributed by atoms with E-state index in [4.69, 9.17) is 9.15 Å². The maximum atomic E-state index is 12.4. The highest BCUT2D eigenvalue weighted by Gasteiger charge is 2.17. The van der Waals surface area contributed by atoms with E-state index in [-0.39, 0.29) is 11.6 Å². The average Bonchev–Trinajstić information content (AvgIpc) is 3.16. The number of nitrogens with zero attached hydrogens (tertiary/aromatic N) is 2. The Morgan fingerprint density at radius 3 is 2.65 bits per heavy atom. The van der Waals surface area contributed by atoms with E-state index in [9.17, 15) is 10.1 Å². The lowest BCUT2D eigenvalue weighted by Crippen LogP contribution is -2.35. The van der Waals surface area contributed by atoms with Crippen LogP contribution in [0.15, 0.2) is 52.5 Å². The molecule has 0 bridgehead atoms. The number of anilines is 1. The Bertz CT molecular complexity index is 814. The van der Waals surface area contributed by atoms with E-state index in [1.54, 1.807) is 6.07 Å². The number of nitrogens with one attached hydrogen (secondary N) is 1. The van der Waals surface area contributed by atoms with Gasteiger partial charge in [0.25, 0.3) is 5.91 Å². The van der Waals surface area contributed by atoms with Crippen molar-refractivity contribution < 1.29 is 13.9 Å². The maximum absolute atomic E-state index is 12.4. The van der Waals surface area contributed by atoms with Gasteiger partial charge in [0.1, 0.15) is 17.4 Å². The fourth-order valence-corrected chi connectivity index (χ4v) is 2.76. The second-order valence-electron chi connectivity index (χ2n) is 6.05. The van der Waals surface area contributed by atoms with Crippen LogP contribution in [0.2, 0.25) is 0 Å². The van der Waals surface area contributed by atoms with Crippen molar-refractivity contribution >= 4 is 17.9 Å². The lowest BCUT2D eigenvalue weighted by Gasteiger charge is -2.26. The molecule has 0 aliphatic carbocycles. The molecule has 2 aromatic rings. The Morgan fingerprint density at radius 1 is 1.23 bits per heavy atom. The minimum Gasteiger partial charge on any atom is -0.441 e. The maximum Gasteiger partial charge on any atom is 0.262 e. The van der Waals surface area contributed by atoms with Crippen molar-refractivity contribution in [2.45, 2.75) is 13.0 Å². The number of rotatable bonds is 5. The van der Waals surface area contributed by atoms with Crippen LogP contribution in [0.25, 0.3) is 6.08 Å². The van der Waals surface area contributed by atoms with E-state index < -0.39 is 5.91 Å². The molecule has 1 N–H and O–H groups in total. The van der Waals surface area contributed by atoms with Crippen molar-refractivity contribution in [1.82, 2.24) is 5.32 Å². The van der Waals surface area contributed by atoms with E-state index in [0.717, 1.165) is 24.5 Å². The van der Waals surface area contributed by atoms with Gasteiger partial charge >= 0.3 is 0 Å². The van der Waals surface area contributed by atoms with Crippen molar-refractivity contribution in [3.63, 3.8) is 0 Å². The second kappa shape index (κ2) is 8.37. The Labute approximate surface area is 152 Å². The number of morpholine rings is 1. The fraction of sp³-hybridized carbons (Fsp3) is 0.300. The first-order valence-corrected chi connectivity index (χ1v) is 8.57. The molecule has 6 nitrogen and oxygen atoms in total. The number of furan rings is 1. The molecule has 26 heavy (non-hydrogen) atoms. The van der Waals surface area contributed by atoms with Crippen molar-refractivity contribution in [2.24, 2.45) is 0 Å². The number of hydrogen-bond acceptors (Lipinski definition) is 5. The molecule has 1 atom stereocenters. The molecule has 1 aromatic carbocycles. The van der Waals surface area contributed by atoms with Crippen LogP contribution in [0.3, 0.4) is 0 Å². The molecule has 6 heteroatoms. The third-order valence-corrected chi connectivity index (χ3v) is 4.23. The highest BCUT2D eigenvalue weighted by atomic mass is 16.5. The number of benzene rings is 1. The van der Waals surface area contributed by atoms with Crippen molar-refractivity contribution in [1.29, 1.82) is 5.26 Å². The number of carbonyl (C=O) groups is 1. The molecule has 0 spiro atoms. The predicted molar refractivity (Wildman–Crippen MR) is 98.3 cm³/mol. The molecule has 0 unspecified atom stereocenters. The predicted octanol–water partition coefficient (Wildman–Crippen LogP) is 2.90. The van der Waals surface area contributed by atoms with E-state index in [0.29, 0.717) is 19.0 Å². The highest BCUT2D eigenvalue weighted by molar-refractivity contribution is 6.01. The van der Waals surface area contributed by atoms with Gasteiger partial charge in [0, 0.05) is 25.2 Å². The van der Waals surface area contributed by atoms with Crippen LogP contribution in [-0.2, 0) is 9.53 Å². The Hall–Kier alpha value is -3.04. The normalized spacial score (nSPS) is 16.0. The van der Waals surface area contributed by atoms with Gasteiger partial charge in [-0.2, -0.15) is 5.26 Å². The molecule has 3 rings (SSSR count). The van der Waals surface area contributed by atoms with Crippen molar-refractivity contribution in [3.05, 3.63) is 59.4 Å². The molecular weight excluding hydrogens is 330 g/mol. The van der Waals surface area contributed by atoms with E-state index in [1.165, 1.54) is 6.08 Å².